The van der Waals surface area contributed by atoms with E-state index in [2.05, 4.69) is 22.7 Å². The van der Waals surface area contributed by atoms with E-state index in [0.29, 0.717) is 5.69 Å². The van der Waals surface area contributed by atoms with Crippen LogP contribution in [0.2, 0.25) is 0 Å². The summed E-state index contributed by atoms with van der Waals surface area (Å²) < 4.78 is 1.96. The maximum atomic E-state index is 12.8. The molecule has 1 atom stereocenters. The third kappa shape index (κ3) is 3.96. The van der Waals surface area contributed by atoms with Gasteiger partial charge in [0.25, 0.3) is 5.91 Å². The van der Waals surface area contributed by atoms with Crippen LogP contribution in [0.25, 0.3) is 10.9 Å². The molecule has 1 aliphatic rings. The average Bonchev–Trinajstić information content (AvgIpc) is 3.01. The van der Waals surface area contributed by atoms with Gasteiger partial charge in [0.1, 0.15) is 0 Å². The van der Waals surface area contributed by atoms with E-state index in [1.165, 1.54) is 6.42 Å². The SMILES string of the molecule is CCCn1nc(C(=O)NC2CCCCNCCC2)c2ccccc21. The standard InChI is InChI=1S/C19H28N4O/c1-2-14-23-17-11-4-3-10-16(17)18(22-23)19(24)21-15-8-5-6-12-20-13-7-9-15/h3-4,10-11,15,20H,2,5-9,12-14H2,1H3,(H,21,24). The zero-order valence-electron chi connectivity index (χ0n) is 14.6. The molecule has 24 heavy (non-hydrogen) atoms. The Bertz CT molecular complexity index is 669. The number of hydrogen-bond donors (Lipinski definition) is 2. The van der Waals surface area contributed by atoms with Crippen LogP contribution in [0.15, 0.2) is 24.3 Å². The Morgan fingerprint density at radius 3 is 2.92 bits per heavy atom. The first-order valence-electron chi connectivity index (χ1n) is 9.26. The summed E-state index contributed by atoms with van der Waals surface area (Å²) >= 11 is 0. The lowest BCUT2D eigenvalue weighted by Gasteiger charge is -2.17. The molecule has 1 aromatic carbocycles. The van der Waals surface area contributed by atoms with Crippen molar-refractivity contribution in [2.75, 3.05) is 13.1 Å². The first kappa shape index (κ1) is 17.0. The number of benzene rings is 1. The maximum absolute atomic E-state index is 12.8. The minimum Gasteiger partial charge on any atom is -0.348 e. The van der Waals surface area contributed by atoms with E-state index >= 15 is 0 Å². The number of aryl methyl sites for hydroxylation is 1. The highest BCUT2D eigenvalue weighted by Crippen LogP contribution is 2.19. The molecule has 3 rings (SSSR count). The fourth-order valence-corrected chi connectivity index (χ4v) is 3.46. The molecule has 2 heterocycles. The van der Waals surface area contributed by atoms with Crippen LogP contribution in [-0.4, -0.2) is 34.8 Å². The third-order valence-electron chi connectivity index (χ3n) is 4.71. The molecule has 2 N–H and O–H groups in total. The van der Waals surface area contributed by atoms with Gasteiger partial charge in [-0.05, 0) is 51.3 Å². The predicted molar refractivity (Wildman–Crippen MR) is 97.2 cm³/mol. The topological polar surface area (TPSA) is 59.0 Å². The van der Waals surface area contributed by atoms with Gasteiger partial charge in [-0.3, -0.25) is 9.48 Å². The largest absolute Gasteiger partial charge is 0.348 e. The van der Waals surface area contributed by atoms with E-state index in [4.69, 9.17) is 0 Å². The van der Waals surface area contributed by atoms with Crippen LogP contribution in [0, 0.1) is 0 Å². The molecule has 1 fully saturated rings. The van der Waals surface area contributed by atoms with Gasteiger partial charge in [0.05, 0.1) is 5.52 Å². The summed E-state index contributed by atoms with van der Waals surface area (Å²) in [6, 6.07) is 8.27. The summed E-state index contributed by atoms with van der Waals surface area (Å²) in [5, 5.41) is 12.2. The molecule has 5 heteroatoms. The van der Waals surface area contributed by atoms with Gasteiger partial charge >= 0.3 is 0 Å². The van der Waals surface area contributed by atoms with Crippen LogP contribution >= 0.6 is 0 Å². The van der Waals surface area contributed by atoms with Crippen molar-refractivity contribution in [1.82, 2.24) is 20.4 Å². The van der Waals surface area contributed by atoms with Crippen LogP contribution in [0.4, 0.5) is 0 Å². The minimum atomic E-state index is -0.0294. The lowest BCUT2D eigenvalue weighted by atomic mass is 10.0. The zero-order valence-corrected chi connectivity index (χ0v) is 14.6. The van der Waals surface area contributed by atoms with Gasteiger partial charge in [0.2, 0.25) is 0 Å². The predicted octanol–water partition coefficient (Wildman–Crippen LogP) is 3.10. The van der Waals surface area contributed by atoms with E-state index in [1.807, 2.05) is 28.9 Å². The molecule has 0 spiro atoms. The highest BCUT2D eigenvalue weighted by atomic mass is 16.2. The smallest absolute Gasteiger partial charge is 0.272 e. The Morgan fingerprint density at radius 1 is 1.25 bits per heavy atom. The average molecular weight is 328 g/mol. The molecule has 1 amide bonds. The Hall–Kier alpha value is -1.88. The van der Waals surface area contributed by atoms with E-state index in [0.717, 1.165) is 62.6 Å². The molecular weight excluding hydrogens is 300 g/mol. The summed E-state index contributed by atoms with van der Waals surface area (Å²) in [5.74, 6) is -0.0294. The van der Waals surface area contributed by atoms with Crippen LogP contribution in [0.1, 0.15) is 55.9 Å². The minimum absolute atomic E-state index is 0.0294. The fourth-order valence-electron chi connectivity index (χ4n) is 3.46. The van der Waals surface area contributed by atoms with E-state index in [1.54, 1.807) is 0 Å². The summed E-state index contributed by atoms with van der Waals surface area (Å²) in [6.07, 6.45) is 6.54. The monoisotopic (exact) mass is 328 g/mol. The molecule has 0 saturated carbocycles. The van der Waals surface area contributed by atoms with Crippen molar-refractivity contribution in [1.29, 1.82) is 0 Å². The van der Waals surface area contributed by atoms with Gasteiger partial charge in [-0.1, -0.05) is 31.5 Å². The molecular formula is C19H28N4O. The highest BCUT2D eigenvalue weighted by molar-refractivity contribution is 6.04. The first-order valence-corrected chi connectivity index (χ1v) is 9.26. The van der Waals surface area contributed by atoms with E-state index in [9.17, 15) is 4.79 Å². The van der Waals surface area contributed by atoms with Gasteiger partial charge < -0.3 is 10.6 Å². The van der Waals surface area contributed by atoms with Crippen molar-refractivity contribution in [3.63, 3.8) is 0 Å². The van der Waals surface area contributed by atoms with Gasteiger partial charge in [0, 0.05) is 18.0 Å². The second kappa shape index (κ2) is 8.29. The number of fused-ring (bicyclic) bond motifs is 1. The molecule has 5 nitrogen and oxygen atoms in total. The number of para-hydroxylation sites is 1. The van der Waals surface area contributed by atoms with Crippen LogP contribution in [0.5, 0.6) is 0 Å². The summed E-state index contributed by atoms with van der Waals surface area (Å²) in [4.78, 5) is 12.8. The van der Waals surface area contributed by atoms with Crippen molar-refractivity contribution in [3.05, 3.63) is 30.0 Å². The third-order valence-corrected chi connectivity index (χ3v) is 4.71. The number of carbonyl (C=O) groups is 1. The molecule has 0 radical (unpaired) electrons. The fraction of sp³-hybridized carbons (Fsp3) is 0.579. The summed E-state index contributed by atoms with van der Waals surface area (Å²) in [5.41, 5.74) is 1.61. The molecule has 1 saturated heterocycles. The number of carbonyl (C=O) groups excluding carboxylic acids is 1. The molecule has 130 valence electrons. The lowest BCUT2D eigenvalue weighted by Crippen LogP contribution is -2.35. The van der Waals surface area contributed by atoms with E-state index in [-0.39, 0.29) is 11.9 Å². The number of amides is 1. The molecule has 0 aliphatic carbocycles. The van der Waals surface area contributed by atoms with Gasteiger partial charge in [-0.2, -0.15) is 5.10 Å². The Balaban J connectivity index is 1.77. The highest BCUT2D eigenvalue weighted by Gasteiger charge is 2.20. The van der Waals surface area contributed by atoms with Crippen LogP contribution < -0.4 is 10.6 Å². The van der Waals surface area contributed by atoms with Gasteiger partial charge in [-0.15, -0.1) is 0 Å². The number of hydrogen-bond acceptors (Lipinski definition) is 3. The molecule has 1 aliphatic heterocycles. The van der Waals surface area contributed by atoms with Crippen molar-refractivity contribution in [3.8, 4) is 0 Å². The van der Waals surface area contributed by atoms with Crippen molar-refractivity contribution in [2.45, 2.75) is 58.0 Å². The van der Waals surface area contributed by atoms with Crippen molar-refractivity contribution in [2.24, 2.45) is 0 Å². The van der Waals surface area contributed by atoms with Gasteiger partial charge in [-0.25, -0.2) is 0 Å². The number of aromatic nitrogens is 2. The van der Waals surface area contributed by atoms with Crippen LogP contribution in [0.3, 0.4) is 0 Å². The van der Waals surface area contributed by atoms with Crippen LogP contribution in [-0.2, 0) is 6.54 Å². The number of rotatable bonds is 4. The Morgan fingerprint density at radius 2 is 2.04 bits per heavy atom. The second-order valence-electron chi connectivity index (χ2n) is 6.65. The number of nitrogens with one attached hydrogen (secondary N) is 2. The van der Waals surface area contributed by atoms with Crippen molar-refractivity contribution < 1.29 is 4.79 Å². The zero-order chi connectivity index (χ0) is 16.8. The van der Waals surface area contributed by atoms with Gasteiger partial charge in [0.15, 0.2) is 5.69 Å². The second-order valence-corrected chi connectivity index (χ2v) is 6.65. The quantitative estimate of drug-likeness (QED) is 0.907. The maximum Gasteiger partial charge on any atom is 0.272 e. The normalized spacial score (nSPS) is 19.5. The number of nitrogens with zero attached hydrogens (tertiary/aromatic N) is 2. The molecule has 1 unspecified atom stereocenters. The Kier molecular flexibility index (Phi) is 5.86. The summed E-state index contributed by atoms with van der Waals surface area (Å²) in [6.45, 7) is 5.10. The Labute approximate surface area is 143 Å². The first-order chi connectivity index (χ1) is 11.8. The lowest BCUT2D eigenvalue weighted by molar-refractivity contribution is 0.0928. The molecule has 1 aromatic heterocycles. The summed E-state index contributed by atoms with van der Waals surface area (Å²) in [7, 11) is 0. The molecule has 0 bridgehead atoms. The van der Waals surface area contributed by atoms with E-state index < -0.39 is 0 Å². The molecule has 2 aromatic rings. The van der Waals surface area contributed by atoms with Crippen molar-refractivity contribution >= 4 is 16.8 Å².